The summed E-state index contributed by atoms with van der Waals surface area (Å²) in [5.74, 6) is 0.244. The number of hydrogen-bond donors (Lipinski definition) is 0. The number of benzene rings is 1. The van der Waals surface area contributed by atoms with Gasteiger partial charge in [-0.2, -0.15) is 0 Å². The molecule has 4 heteroatoms. The van der Waals surface area contributed by atoms with E-state index in [-0.39, 0.29) is 17.6 Å². The molecule has 1 fully saturated rings. The van der Waals surface area contributed by atoms with Crippen LogP contribution in [0.25, 0.3) is 0 Å². The molecule has 0 saturated carbocycles. The van der Waals surface area contributed by atoms with Crippen molar-refractivity contribution in [3.05, 3.63) is 34.9 Å². The molecule has 1 unspecified atom stereocenters. The molecular formula is C16H22ClNO2. The first-order valence-corrected chi connectivity index (χ1v) is 7.43. The van der Waals surface area contributed by atoms with E-state index in [0.29, 0.717) is 11.1 Å². The van der Waals surface area contributed by atoms with Crippen LogP contribution in [0.2, 0.25) is 5.02 Å². The fourth-order valence-corrected chi connectivity index (χ4v) is 2.66. The normalized spacial score (nSPS) is 18.1. The van der Waals surface area contributed by atoms with Gasteiger partial charge in [0, 0.05) is 37.7 Å². The molecule has 1 aromatic carbocycles. The first-order valence-electron chi connectivity index (χ1n) is 7.05. The van der Waals surface area contributed by atoms with Gasteiger partial charge in [0.15, 0.2) is 0 Å². The molecule has 20 heavy (non-hydrogen) atoms. The Morgan fingerprint density at radius 3 is 2.45 bits per heavy atom. The van der Waals surface area contributed by atoms with Gasteiger partial charge >= 0.3 is 0 Å². The van der Waals surface area contributed by atoms with Crippen molar-refractivity contribution in [1.82, 2.24) is 4.90 Å². The Hall–Kier alpha value is -0.900. The van der Waals surface area contributed by atoms with E-state index in [1.165, 1.54) is 0 Å². The van der Waals surface area contributed by atoms with Crippen molar-refractivity contribution in [3.63, 3.8) is 0 Å². The lowest BCUT2D eigenvalue weighted by Crippen LogP contribution is -2.53. The quantitative estimate of drug-likeness (QED) is 0.808. The number of carbonyl (C=O) groups excluding carboxylic acids is 1. The van der Waals surface area contributed by atoms with Crippen molar-refractivity contribution in [1.29, 1.82) is 0 Å². The maximum absolute atomic E-state index is 12.5. The number of nitrogens with zero attached hydrogens (tertiary/aromatic N) is 1. The predicted molar refractivity (Wildman–Crippen MR) is 81.3 cm³/mol. The van der Waals surface area contributed by atoms with E-state index in [1.807, 2.05) is 38.1 Å². The van der Waals surface area contributed by atoms with Gasteiger partial charge in [-0.1, -0.05) is 37.6 Å². The molecular weight excluding hydrogens is 274 g/mol. The zero-order valence-corrected chi connectivity index (χ0v) is 13.1. The molecule has 0 radical (unpaired) electrons. The van der Waals surface area contributed by atoms with Crippen LogP contribution in [-0.2, 0) is 9.53 Å². The van der Waals surface area contributed by atoms with E-state index < -0.39 is 0 Å². The minimum Gasteiger partial charge on any atom is -0.379 e. The van der Waals surface area contributed by atoms with Gasteiger partial charge in [-0.05, 0) is 17.7 Å². The SMILES string of the molecule is COC1CN(CC(C(=O)C(C)C)c2ccc(Cl)cc2)C1. The minimum atomic E-state index is -0.0786. The highest BCUT2D eigenvalue weighted by Crippen LogP contribution is 2.25. The summed E-state index contributed by atoms with van der Waals surface area (Å²) in [6, 6.07) is 7.62. The van der Waals surface area contributed by atoms with Gasteiger partial charge in [0.25, 0.3) is 0 Å². The molecule has 0 bridgehead atoms. The molecule has 1 aliphatic rings. The number of rotatable bonds is 6. The number of ether oxygens (including phenoxy) is 1. The third-order valence-electron chi connectivity index (χ3n) is 3.88. The van der Waals surface area contributed by atoms with Crippen molar-refractivity contribution < 1.29 is 9.53 Å². The molecule has 0 aliphatic carbocycles. The summed E-state index contributed by atoms with van der Waals surface area (Å²) in [7, 11) is 1.73. The van der Waals surface area contributed by atoms with E-state index in [4.69, 9.17) is 16.3 Å². The van der Waals surface area contributed by atoms with Crippen LogP contribution >= 0.6 is 11.6 Å². The van der Waals surface area contributed by atoms with E-state index in [2.05, 4.69) is 4.90 Å². The van der Waals surface area contributed by atoms with Crippen LogP contribution in [0.15, 0.2) is 24.3 Å². The van der Waals surface area contributed by atoms with Crippen molar-refractivity contribution in [2.24, 2.45) is 5.92 Å². The molecule has 0 spiro atoms. The zero-order valence-electron chi connectivity index (χ0n) is 12.3. The lowest BCUT2D eigenvalue weighted by atomic mass is 9.87. The predicted octanol–water partition coefficient (Wildman–Crippen LogP) is 2.98. The van der Waals surface area contributed by atoms with Crippen molar-refractivity contribution >= 4 is 17.4 Å². The lowest BCUT2D eigenvalue weighted by molar-refractivity contribution is -0.124. The van der Waals surface area contributed by atoms with Gasteiger partial charge in [-0.15, -0.1) is 0 Å². The number of ketones is 1. The number of carbonyl (C=O) groups is 1. The molecule has 0 aromatic heterocycles. The summed E-state index contributed by atoms with van der Waals surface area (Å²) >= 11 is 5.93. The van der Waals surface area contributed by atoms with Gasteiger partial charge in [0.1, 0.15) is 5.78 Å². The average molecular weight is 296 g/mol. The van der Waals surface area contributed by atoms with Gasteiger partial charge in [-0.25, -0.2) is 0 Å². The summed E-state index contributed by atoms with van der Waals surface area (Å²) in [5, 5.41) is 0.702. The Morgan fingerprint density at radius 2 is 1.95 bits per heavy atom. The molecule has 2 rings (SSSR count). The Bertz CT molecular complexity index is 452. The molecule has 1 heterocycles. The number of likely N-dealkylation sites (tertiary alicyclic amines) is 1. The first-order chi connectivity index (χ1) is 9.51. The van der Waals surface area contributed by atoms with Gasteiger partial charge in [-0.3, -0.25) is 9.69 Å². The first kappa shape index (κ1) is 15.5. The number of Topliss-reactive ketones (excluding diaryl/α,β-unsaturated/α-hetero) is 1. The van der Waals surface area contributed by atoms with Crippen LogP contribution < -0.4 is 0 Å². The highest BCUT2D eigenvalue weighted by atomic mass is 35.5. The average Bonchev–Trinajstić information content (AvgIpc) is 2.38. The lowest BCUT2D eigenvalue weighted by Gasteiger charge is -2.40. The molecule has 1 saturated heterocycles. The van der Waals surface area contributed by atoms with Gasteiger partial charge in [0.2, 0.25) is 0 Å². The molecule has 1 aromatic rings. The highest BCUT2D eigenvalue weighted by molar-refractivity contribution is 6.30. The van der Waals surface area contributed by atoms with Crippen molar-refractivity contribution in [2.45, 2.75) is 25.9 Å². The van der Waals surface area contributed by atoms with Crippen LogP contribution in [0.1, 0.15) is 25.3 Å². The molecule has 1 atom stereocenters. The summed E-state index contributed by atoms with van der Waals surface area (Å²) in [4.78, 5) is 14.7. The topological polar surface area (TPSA) is 29.5 Å². The third kappa shape index (κ3) is 3.60. The standard InChI is InChI=1S/C16H22ClNO2/c1-11(2)16(19)15(10-18-8-14(9-18)20-3)12-4-6-13(17)7-5-12/h4-7,11,14-15H,8-10H2,1-3H3. The van der Waals surface area contributed by atoms with E-state index in [9.17, 15) is 4.79 Å². The second-order valence-electron chi connectivity index (χ2n) is 5.74. The van der Waals surface area contributed by atoms with Crippen LogP contribution in [-0.4, -0.2) is 43.5 Å². The maximum atomic E-state index is 12.5. The smallest absolute Gasteiger partial charge is 0.144 e. The monoisotopic (exact) mass is 295 g/mol. The number of halogens is 1. The fourth-order valence-electron chi connectivity index (χ4n) is 2.54. The summed E-state index contributed by atoms with van der Waals surface area (Å²) in [6.07, 6.45) is 0.315. The second kappa shape index (κ2) is 6.70. The Morgan fingerprint density at radius 1 is 1.35 bits per heavy atom. The third-order valence-corrected chi connectivity index (χ3v) is 4.13. The van der Waals surface area contributed by atoms with E-state index in [0.717, 1.165) is 25.2 Å². The van der Waals surface area contributed by atoms with Crippen LogP contribution in [0.4, 0.5) is 0 Å². The van der Waals surface area contributed by atoms with E-state index >= 15 is 0 Å². The second-order valence-corrected chi connectivity index (χ2v) is 6.17. The van der Waals surface area contributed by atoms with Crippen molar-refractivity contribution in [2.75, 3.05) is 26.7 Å². The Balaban J connectivity index is 2.09. The highest BCUT2D eigenvalue weighted by Gasteiger charge is 2.32. The largest absolute Gasteiger partial charge is 0.379 e. The Labute approximate surface area is 125 Å². The molecule has 0 N–H and O–H groups in total. The number of methoxy groups -OCH3 is 1. The van der Waals surface area contributed by atoms with Crippen LogP contribution in [0.3, 0.4) is 0 Å². The van der Waals surface area contributed by atoms with E-state index in [1.54, 1.807) is 7.11 Å². The summed E-state index contributed by atoms with van der Waals surface area (Å²) < 4.78 is 5.28. The van der Waals surface area contributed by atoms with Crippen LogP contribution in [0.5, 0.6) is 0 Å². The Kier molecular flexibility index (Phi) is 5.19. The maximum Gasteiger partial charge on any atom is 0.144 e. The summed E-state index contributed by atoms with van der Waals surface area (Å²) in [6.45, 7) is 6.50. The summed E-state index contributed by atoms with van der Waals surface area (Å²) in [5.41, 5.74) is 1.05. The zero-order chi connectivity index (χ0) is 14.7. The molecule has 110 valence electrons. The van der Waals surface area contributed by atoms with Crippen LogP contribution in [0, 0.1) is 5.92 Å². The number of hydrogen-bond acceptors (Lipinski definition) is 3. The van der Waals surface area contributed by atoms with Gasteiger partial charge < -0.3 is 4.74 Å². The molecule has 0 amide bonds. The van der Waals surface area contributed by atoms with Gasteiger partial charge in [0.05, 0.1) is 12.0 Å². The fraction of sp³-hybridized carbons (Fsp3) is 0.562. The minimum absolute atomic E-state index is 0.0372. The van der Waals surface area contributed by atoms with Crippen molar-refractivity contribution in [3.8, 4) is 0 Å². The molecule has 1 aliphatic heterocycles. The molecule has 3 nitrogen and oxygen atoms in total.